The molecule has 1 atom stereocenters. The van der Waals surface area contributed by atoms with E-state index in [0.29, 0.717) is 0 Å². The summed E-state index contributed by atoms with van der Waals surface area (Å²) in [5.41, 5.74) is 10.2. The molecule has 166 valence electrons. The van der Waals surface area contributed by atoms with Crippen LogP contribution in [0.4, 0.5) is 0 Å². The second-order valence-corrected chi connectivity index (χ2v) is 9.41. The number of nitrogens with one attached hydrogen (secondary N) is 2. The normalized spacial score (nSPS) is 24.8. The van der Waals surface area contributed by atoms with E-state index in [-0.39, 0.29) is 17.0 Å². The van der Waals surface area contributed by atoms with Crippen molar-refractivity contribution in [3.63, 3.8) is 0 Å². The molecule has 1 aliphatic carbocycles. The van der Waals surface area contributed by atoms with Gasteiger partial charge in [0.05, 0.1) is 0 Å². The number of fused-ring (bicyclic) bond motifs is 1. The SMILES string of the molecule is CN(C)C1(C(Cc2c[nH]c3ccccc23)c2nn[nH]n2)CCC(N)(c2ccccc2)CC1. The molecule has 2 aromatic heterocycles. The predicted molar refractivity (Wildman–Crippen MR) is 126 cm³/mol. The van der Waals surface area contributed by atoms with Gasteiger partial charge in [-0.1, -0.05) is 53.7 Å². The highest BCUT2D eigenvalue weighted by Gasteiger charge is 2.49. The van der Waals surface area contributed by atoms with Crippen LogP contribution < -0.4 is 5.73 Å². The molecule has 2 heterocycles. The van der Waals surface area contributed by atoms with Crippen LogP contribution in [0.3, 0.4) is 0 Å². The lowest BCUT2D eigenvalue weighted by Gasteiger charge is -2.52. The Labute approximate surface area is 188 Å². The van der Waals surface area contributed by atoms with Crippen LogP contribution in [0.1, 0.15) is 48.6 Å². The molecule has 1 aliphatic rings. The molecule has 32 heavy (non-hydrogen) atoms. The molecule has 7 nitrogen and oxygen atoms in total. The van der Waals surface area contributed by atoms with Gasteiger partial charge in [-0.2, -0.15) is 5.21 Å². The first-order valence-corrected chi connectivity index (χ1v) is 11.3. The highest BCUT2D eigenvalue weighted by Crippen LogP contribution is 2.49. The van der Waals surface area contributed by atoms with Crippen LogP contribution in [0.2, 0.25) is 0 Å². The topological polar surface area (TPSA) is 99.5 Å². The molecule has 7 heteroatoms. The number of rotatable bonds is 6. The molecule has 2 aromatic carbocycles. The zero-order chi connectivity index (χ0) is 22.2. The second-order valence-electron chi connectivity index (χ2n) is 9.41. The Morgan fingerprint density at radius 2 is 1.72 bits per heavy atom. The second kappa shape index (κ2) is 8.15. The van der Waals surface area contributed by atoms with Gasteiger partial charge in [-0.25, -0.2) is 0 Å². The van der Waals surface area contributed by atoms with E-state index in [4.69, 9.17) is 5.73 Å². The van der Waals surface area contributed by atoms with E-state index in [1.54, 1.807) is 0 Å². The fourth-order valence-corrected chi connectivity index (χ4v) is 5.65. The Balaban J connectivity index is 1.51. The first-order chi connectivity index (χ1) is 15.5. The monoisotopic (exact) mass is 429 g/mol. The van der Waals surface area contributed by atoms with Crippen molar-refractivity contribution in [1.29, 1.82) is 0 Å². The largest absolute Gasteiger partial charge is 0.361 e. The number of aromatic amines is 2. The average molecular weight is 430 g/mol. The van der Waals surface area contributed by atoms with Gasteiger partial charge in [-0.05, 0) is 63.4 Å². The van der Waals surface area contributed by atoms with Crippen LogP contribution in [0, 0.1) is 0 Å². The van der Waals surface area contributed by atoms with Crippen LogP contribution in [0.25, 0.3) is 10.9 Å². The number of aromatic nitrogens is 5. The van der Waals surface area contributed by atoms with E-state index in [1.165, 1.54) is 16.5 Å². The molecular formula is C25H31N7. The zero-order valence-electron chi connectivity index (χ0n) is 18.8. The molecule has 4 aromatic rings. The smallest absolute Gasteiger partial charge is 0.179 e. The minimum atomic E-state index is -0.302. The van der Waals surface area contributed by atoms with E-state index in [9.17, 15) is 0 Å². The number of nitrogens with zero attached hydrogens (tertiary/aromatic N) is 4. The van der Waals surface area contributed by atoms with E-state index in [1.807, 2.05) is 6.07 Å². The predicted octanol–water partition coefficient (Wildman–Crippen LogP) is 3.74. The quantitative estimate of drug-likeness (QED) is 0.434. The van der Waals surface area contributed by atoms with Gasteiger partial charge in [0, 0.05) is 34.1 Å². The zero-order valence-corrected chi connectivity index (χ0v) is 18.8. The number of likely N-dealkylation sites (N-methyl/N-ethyl adjacent to an activating group) is 1. The summed E-state index contributed by atoms with van der Waals surface area (Å²) in [6.07, 6.45) is 6.72. The summed E-state index contributed by atoms with van der Waals surface area (Å²) in [5, 5.41) is 16.8. The minimum absolute atomic E-state index is 0.0933. The molecule has 0 saturated heterocycles. The van der Waals surface area contributed by atoms with Gasteiger partial charge in [-0.3, -0.25) is 0 Å². The lowest BCUT2D eigenvalue weighted by Crippen LogP contribution is -2.56. The Morgan fingerprint density at radius 1 is 1.00 bits per heavy atom. The summed E-state index contributed by atoms with van der Waals surface area (Å²) in [4.78, 5) is 5.79. The summed E-state index contributed by atoms with van der Waals surface area (Å²) in [5.74, 6) is 0.865. The number of tetrazole rings is 1. The van der Waals surface area contributed by atoms with Gasteiger partial charge in [0.1, 0.15) is 0 Å². The van der Waals surface area contributed by atoms with Gasteiger partial charge in [-0.15, -0.1) is 10.2 Å². The summed E-state index contributed by atoms with van der Waals surface area (Å²) in [6.45, 7) is 0. The third kappa shape index (κ3) is 3.51. The van der Waals surface area contributed by atoms with Crippen LogP contribution in [-0.4, -0.2) is 50.1 Å². The average Bonchev–Trinajstić information content (AvgIpc) is 3.49. The Hall–Kier alpha value is -3.03. The van der Waals surface area contributed by atoms with Crippen LogP contribution in [-0.2, 0) is 12.0 Å². The third-order valence-corrected chi connectivity index (χ3v) is 7.67. The molecule has 0 bridgehead atoms. The van der Waals surface area contributed by atoms with Crippen LogP contribution in [0.15, 0.2) is 60.8 Å². The van der Waals surface area contributed by atoms with Crippen LogP contribution >= 0.6 is 0 Å². The van der Waals surface area contributed by atoms with Crippen molar-refractivity contribution in [3.05, 3.63) is 77.7 Å². The molecule has 1 fully saturated rings. The summed E-state index contributed by atoms with van der Waals surface area (Å²) in [6, 6.07) is 19.0. The van der Waals surface area contributed by atoms with Crippen molar-refractivity contribution in [3.8, 4) is 0 Å². The van der Waals surface area contributed by atoms with E-state index in [2.05, 4.69) is 99.3 Å². The van der Waals surface area contributed by atoms with Gasteiger partial charge >= 0.3 is 0 Å². The first-order valence-electron chi connectivity index (χ1n) is 11.3. The fourth-order valence-electron chi connectivity index (χ4n) is 5.65. The van der Waals surface area contributed by atoms with E-state index in [0.717, 1.165) is 43.4 Å². The van der Waals surface area contributed by atoms with Crippen molar-refractivity contribution < 1.29 is 0 Å². The molecule has 0 radical (unpaired) electrons. The highest BCUT2D eigenvalue weighted by molar-refractivity contribution is 5.83. The van der Waals surface area contributed by atoms with E-state index < -0.39 is 0 Å². The minimum Gasteiger partial charge on any atom is -0.361 e. The maximum atomic E-state index is 6.96. The Bertz CT molecular complexity index is 1160. The molecule has 4 N–H and O–H groups in total. The van der Waals surface area contributed by atoms with Crippen molar-refractivity contribution in [1.82, 2.24) is 30.5 Å². The summed E-state index contributed by atoms with van der Waals surface area (Å²) in [7, 11) is 4.35. The van der Waals surface area contributed by atoms with Crippen molar-refractivity contribution in [2.24, 2.45) is 5.73 Å². The molecule has 0 spiro atoms. The van der Waals surface area contributed by atoms with Gasteiger partial charge in [0.2, 0.25) is 0 Å². The molecule has 1 unspecified atom stereocenters. The maximum Gasteiger partial charge on any atom is 0.179 e. The number of hydrogen-bond donors (Lipinski definition) is 3. The van der Waals surface area contributed by atoms with Crippen molar-refractivity contribution >= 4 is 10.9 Å². The van der Waals surface area contributed by atoms with Gasteiger partial charge in [0.25, 0.3) is 0 Å². The maximum absolute atomic E-state index is 6.96. The van der Waals surface area contributed by atoms with Gasteiger partial charge < -0.3 is 15.6 Å². The van der Waals surface area contributed by atoms with Crippen LogP contribution in [0.5, 0.6) is 0 Å². The fraction of sp³-hybridized carbons (Fsp3) is 0.400. The Kier molecular flexibility index (Phi) is 5.31. The van der Waals surface area contributed by atoms with E-state index >= 15 is 0 Å². The number of benzene rings is 2. The number of hydrogen-bond acceptors (Lipinski definition) is 5. The standard InChI is InChI=1S/C25H31N7/c1-32(2)25(14-12-24(26,13-15-25)19-8-4-3-5-9-19)21(23-28-30-31-29-23)16-18-17-27-22-11-7-6-10-20(18)22/h3-11,17,21,27H,12-16,26H2,1-2H3,(H,28,29,30,31). The van der Waals surface area contributed by atoms with Gasteiger partial charge in [0.15, 0.2) is 5.82 Å². The molecule has 0 aliphatic heterocycles. The van der Waals surface area contributed by atoms with Crippen molar-refractivity contribution in [2.45, 2.75) is 49.1 Å². The number of para-hydroxylation sites is 1. The lowest BCUT2D eigenvalue weighted by atomic mass is 9.63. The lowest BCUT2D eigenvalue weighted by molar-refractivity contribution is 0.0399. The number of nitrogens with two attached hydrogens (primary N) is 1. The first kappa shape index (κ1) is 20.8. The molecule has 5 rings (SSSR count). The molecule has 0 amide bonds. The molecular weight excluding hydrogens is 398 g/mol. The third-order valence-electron chi connectivity index (χ3n) is 7.67. The summed E-state index contributed by atoms with van der Waals surface area (Å²) >= 11 is 0. The highest BCUT2D eigenvalue weighted by atomic mass is 15.5. The Morgan fingerprint density at radius 3 is 2.41 bits per heavy atom. The number of H-pyrrole nitrogens is 2. The van der Waals surface area contributed by atoms with Crippen molar-refractivity contribution in [2.75, 3.05) is 14.1 Å². The molecule has 1 saturated carbocycles. The summed E-state index contributed by atoms with van der Waals surface area (Å²) < 4.78 is 0.